The Balaban J connectivity index is 1.41. The van der Waals surface area contributed by atoms with Crippen LogP contribution in [0.3, 0.4) is 0 Å². The fourth-order valence-electron chi connectivity index (χ4n) is 3.29. The zero-order valence-electron chi connectivity index (χ0n) is 15.6. The highest BCUT2D eigenvalue weighted by Crippen LogP contribution is 2.21. The molecule has 1 saturated heterocycles. The van der Waals surface area contributed by atoms with Crippen LogP contribution in [0.25, 0.3) is 0 Å². The lowest BCUT2D eigenvalue weighted by molar-refractivity contribution is 0.0444. The molecule has 0 spiro atoms. The molecule has 2 aromatic carbocycles. The van der Waals surface area contributed by atoms with Crippen LogP contribution in [0, 0.1) is 12.7 Å². The van der Waals surface area contributed by atoms with Gasteiger partial charge in [0.2, 0.25) is 0 Å². The largest absolute Gasteiger partial charge is 0.491 e. The summed E-state index contributed by atoms with van der Waals surface area (Å²) in [5, 5.41) is 10.7. The minimum atomic E-state index is -0.543. The summed E-state index contributed by atoms with van der Waals surface area (Å²) >= 11 is 6.12. The summed E-state index contributed by atoms with van der Waals surface area (Å²) in [7, 11) is 0. The maximum Gasteiger partial charge on any atom is 0.129 e. The first-order valence-electron chi connectivity index (χ1n) is 9.26. The van der Waals surface area contributed by atoms with Crippen LogP contribution in [0.15, 0.2) is 42.5 Å². The van der Waals surface area contributed by atoms with E-state index in [0.717, 1.165) is 37.5 Å². The van der Waals surface area contributed by atoms with Crippen molar-refractivity contribution in [2.24, 2.45) is 0 Å². The highest BCUT2D eigenvalue weighted by molar-refractivity contribution is 6.31. The van der Waals surface area contributed by atoms with Crippen LogP contribution in [0.4, 0.5) is 4.39 Å². The molecule has 146 valence electrons. The van der Waals surface area contributed by atoms with Crippen molar-refractivity contribution >= 4 is 11.6 Å². The van der Waals surface area contributed by atoms with Crippen LogP contribution < -0.4 is 4.74 Å². The van der Waals surface area contributed by atoms with E-state index in [1.807, 2.05) is 31.2 Å². The van der Waals surface area contributed by atoms with Crippen molar-refractivity contribution in [3.63, 3.8) is 0 Å². The van der Waals surface area contributed by atoms with Crippen molar-refractivity contribution in [3.8, 4) is 5.75 Å². The quantitative estimate of drug-likeness (QED) is 0.784. The average Bonchev–Trinajstić information content (AvgIpc) is 2.65. The van der Waals surface area contributed by atoms with Gasteiger partial charge in [-0.1, -0.05) is 29.8 Å². The standard InChI is InChI=1S/C21H26ClFN2O2/c1-16-4-2-5-18(12-16)27-15-17(26)13-24-8-10-25(11-9-24)14-19-20(22)6-3-7-21(19)23/h2-7,12,17,26H,8-11,13-15H2,1H3. The molecule has 27 heavy (non-hydrogen) atoms. The molecule has 0 radical (unpaired) electrons. The highest BCUT2D eigenvalue weighted by atomic mass is 35.5. The molecule has 1 heterocycles. The number of halogens is 2. The normalized spacial score (nSPS) is 17.0. The monoisotopic (exact) mass is 392 g/mol. The number of nitrogens with zero attached hydrogens (tertiary/aromatic N) is 2. The third-order valence-corrected chi connectivity index (χ3v) is 5.16. The maximum atomic E-state index is 13.9. The molecule has 0 aliphatic carbocycles. The number of aliphatic hydroxyl groups is 1. The number of aliphatic hydroxyl groups excluding tert-OH is 1. The van der Waals surface area contributed by atoms with E-state index in [2.05, 4.69) is 9.80 Å². The first-order chi connectivity index (χ1) is 13.0. The summed E-state index contributed by atoms with van der Waals surface area (Å²) in [6.07, 6.45) is -0.543. The van der Waals surface area contributed by atoms with Gasteiger partial charge in [0.15, 0.2) is 0 Å². The van der Waals surface area contributed by atoms with Gasteiger partial charge in [-0.2, -0.15) is 0 Å². The summed E-state index contributed by atoms with van der Waals surface area (Å²) in [6.45, 7) is 6.65. The lowest BCUT2D eigenvalue weighted by Crippen LogP contribution is -2.48. The van der Waals surface area contributed by atoms with Crippen molar-refractivity contribution < 1.29 is 14.2 Å². The summed E-state index contributed by atoms with van der Waals surface area (Å²) in [5.41, 5.74) is 1.69. The van der Waals surface area contributed by atoms with Crippen molar-refractivity contribution in [2.45, 2.75) is 19.6 Å². The molecule has 0 amide bonds. The van der Waals surface area contributed by atoms with Crippen molar-refractivity contribution in [1.82, 2.24) is 9.80 Å². The number of hydrogen-bond donors (Lipinski definition) is 1. The van der Waals surface area contributed by atoms with Crippen LogP contribution in [0.2, 0.25) is 5.02 Å². The Kier molecular flexibility index (Phi) is 7.07. The van der Waals surface area contributed by atoms with Gasteiger partial charge in [-0.05, 0) is 36.8 Å². The highest BCUT2D eigenvalue weighted by Gasteiger charge is 2.21. The molecular formula is C21H26ClFN2O2. The van der Waals surface area contributed by atoms with Crippen molar-refractivity contribution in [1.29, 1.82) is 0 Å². The molecule has 2 aromatic rings. The van der Waals surface area contributed by atoms with Gasteiger partial charge in [0.25, 0.3) is 0 Å². The number of aryl methyl sites for hydroxylation is 1. The SMILES string of the molecule is Cc1cccc(OCC(O)CN2CCN(Cc3c(F)cccc3Cl)CC2)c1. The molecule has 1 unspecified atom stereocenters. The van der Waals surface area contributed by atoms with Gasteiger partial charge >= 0.3 is 0 Å². The molecule has 1 aliphatic heterocycles. The van der Waals surface area contributed by atoms with E-state index in [1.54, 1.807) is 12.1 Å². The second-order valence-electron chi connectivity index (χ2n) is 7.06. The number of ether oxygens (including phenoxy) is 1. The van der Waals surface area contributed by atoms with Gasteiger partial charge in [-0.25, -0.2) is 4.39 Å². The molecule has 1 N–H and O–H groups in total. The second-order valence-corrected chi connectivity index (χ2v) is 7.47. The van der Waals surface area contributed by atoms with Crippen LogP contribution >= 0.6 is 11.6 Å². The lowest BCUT2D eigenvalue weighted by Gasteiger charge is -2.35. The zero-order chi connectivity index (χ0) is 19.2. The Morgan fingerprint density at radius 3 is 2.52 bits per heavy atom. The van der Waals surface area contributed by atoms with E-state index in [-0.39, 0.29) is 12.4 Å². The number of benzene rings is 2. The third-order valence-electron chi connectivity index (χ3n) is 4.81. The van der Waals surface area contributed by atoms with Crippen LogP contribution in [-0.4, -0.2) is 60.3 Å². The van der Waals surface area contributed by atoms with E-state index in [4.69, 9.17) is 16.3 Å². The van der Waals surface area contributed by atoms with Gasteiger partial charge in [0.1, 0.15) is 24.3 Å². The van der Waals surface area contributed by atoms with Crippen molar-refractivity contribution in [2.75, 3.05) is 39.3 Å². The number of rotatable bonds is 7. The van der Waals surface area contributed by atoms with E-state index < -0.39 is 6.10 Å². The lowest BCUT2D eigenvalue weighted by atomic mass is 10.1. The smallest absolute Gasteiger partial charge is 0.129 e. The Morgan fingerprint density at radius 1 is 1.11 bits per heavy atom. The predicted octanol–water partition coefficient (Wildman–Crippen LogP) is 3.35. The Labute approximate surface area is 165 Å². The molecule has 0 aromatic heterocycles. The third kappa shape index (κ3) is 5.91. The van der Waals surface area contributed by atoms with E-state index in [9.17, 15) is 9.50 Å². The fourth-order valence-corrected chi connectivity index (χ4v) is 3.51. The Bertz CT molecular complexity index is 730. The number of hydrogen-bond acceptors (Lipinski definition) is 4. The van der Waals surface area contributed by atoms with Gasteiger partial charge in [0, 0.05) is 49.9 Å². The molecule has 0 bridgehead atoms. The fraction of sp³-hybridized carbons (Fsp3) is 0.429. The van der Waals surface area contributed by atoms with E-state index >= 15 is 0 Å². The molecule has 1 atom stereocenters. The minimum Gasteiger partial charge on any atom is -0.491 e. The topological polar surface area (TPSA) is 35.9 Å². The van der Waals surface area contributed by atoms with E-state index in [1.165, 1.54) is 6.07 Å². The molecule has 4 nitrogen and oxygen atoms in total. The zero-order valence-corrected chi connectivity index (χ0v) is 16.3. The molecule has 6 heteroatoms. The first-order valence-corrected chi connectivity index (χ1v) is 9.64. The van der Waals surface area contributed by atoms with Crippen LogP contribution in [-0.2, 0) is 6.54 Å². The second kappa shape index (κ2) is 9.51. The summed E-state index contributed by atoms with van der Waals surface area (Å²) in [4.78, 5) is 4.40. The van der Waals surface area contributed by atoms with Crippen LogP contribution in [0.1, 0.15) is 11.1 Å². The molecule has 0 saturated carbocycles. The summed E-state index contributed by atoms with van der Waals surface area (Å²) < 4.78 is 19.6. The first kappa shape index (κ1) is 20.1. The Morgan fingerprint density at radius 2 is 1.81 bits per heavy atom. The predicted molar refractivity (Wildman–Crippen MR) is 106 cm³/mol. The molecular weight excluding hydrogens is 367 g/mol. The average molecular weight is 393 g/mol. The van der Waals surface area contributed by atoms with Gasteiger partial charge in [0.05, 0.1) is 0 Å². The van der Waals surface area contributed by atoms with Crippen LogP contribution in [0.5, 0.6) is 5.75 Å². The summed E-state index contributed by atoms with van der Waals surface area (Å²) in [5.74, 6) is 0.522. The number of β-amino-alcohol motifs (C(OH)–C–C–N with tert-alkyl or cyclic N) is 1. The van der Waals surface area contributed by atoms with Gasteiger partial charge < -0.3 is 9.84 Å². The Hall–Kier alpha value is -1.66. The number of piperazine rings is 1. The van der Waals surface area contributed by atoms with Gasteiger partial charge in [-0.3, -0.25) is 9.80 Å². The summed E-state index contributed by atoms with van der Waals surface area (Å²) in [6, 6.07) is 12.6. The molecule has 1 aliphatic rings. The maximum absolute atomic E-state index is 13.9. The van der Waals surface area contributed by atoms with Gasteiger partial charge in [-0.15, -0.1) is 0 Å². The molecule has 3 rings (SSSR count). The van der Waals surface area contributed by atoms with Crippen molar-refractivity contribution in [3.05, 3.63) is 64.4 Å². The van der Waals surface area contributed by atoms with E-state index in [0.29, 0.717) is 23.7 Å². The molecule has 1 fully saturated rings. The minimum absolute atomic E-state index is 0.256.